The second-order valence-electron chi connectivity index (χ2n) is 4.43. The molecule has 94 valence electrons. The molecule has 0 unspecified atom stereocenters. The Morgan fingerprint density at radius 1 is 1.59 bits per heavy atom. The third-order valence-electron chi connectivity index (χ3n) is 3.14. The smallest absolute Gasteiger partial charge is 0.224 e. The van der Waals surface area contributed by atoms with Crippen LogP contribution in [0, 0.1) is 5.41 Å². The summed E-state index contributed by atoms with van der Waals surface area (Å²) in [5.74, 6) is 0.758. The number of hydrogen-bond acceptors (Lipinski definition) is 4. The maximum atomic E-state index is 5.76. The SMILES string of the molecule is COCCC1(CNc2nc(Cl)ncc2Br)CC1. The number of aromatic nitrogens is 2. The van der Waals surface area contributed by atoms with Gasteiger partial charge in [0.1, 0.15) is 5.82 Å². The molecule has 1 aromatic heterocycles. The average Bonchev–Trinajstić information content (AvgIpc) is 3.09. The van der Waals surface area contributed by atoms with Crippen LogP contribution in [-0.4, -0.2) is 30.2 Å². The van der Waals surface area contributed by atoms with E-state index in [0.717, 1.165) is 29.9 Å². The first-order valence-electron chi connectivity index (χ1n) is 5.56. The van der Waals surface area contributed by atoms with E-state index in [4.69, 9.17) is 16.3 Å². The molecule has 1 N–H and O–H groups in total. The normalized spacial score (nSPS) is 16.9. The molecule has 6 heteroatoms. The van der Waals surface area contributed by atoms with Crippen LogP contribution in [0.2, 0.25) is 5.28 Å². The minimum Gasteiger partial charge on any atom is -0.385 e. The molecule has 1 aliphatic rings. The minimum absolute atomic E-state index is 0.262. The highest BCUT2D eigenvalue weighted by atomic mass is 79.9. The van der Waals surface area contributed by atoms with Gasteiger partial charge in [0.05, 0.1) is 4.47 Å². The summed E-state index contributed by atoms with van der Waals surface area (Å²) in [6, 6.07) is 0. The first kappa shape index (κ1) is 13.1. The van der Waals surface area contributed by atoms with Gasteiger partial charge in [-0.1, -0.05) is 0 Å². The van der Waals surface area contributed by atoms with Crippen molar-refractivity contribution in [3.8, 4) is 0 Å². The van der Waals surface area contributed by atoms with Crippen LogP contribution in [0.1, 0.15) is 19.3 Å². The van der Waals surface area contributed by atoms with Crippen molar-refractivity contribution in [2.45, 2.75) is 19.3 Å². The van der Waals surface area contributed by atoms with Gasteiger partial charge in [-0.25, -0.2) is 4.98 Å². The molecule has 1 heterocycles. The largest absolute Gasteiger partial charge is 0.385 e. The molecule has 0 atom stereocenters. The first-order valence-corrected chi connectivity index (χ1v) is 6.73. The second kappa shape index (κ2) is 5.50. The van der Waals surface area contributed by atoms with Crippen molar-refractivity contribution in [3.63, 3.8) is 0 Å². The molecule has 0 aliphatic heterocycles. The fourth-order valence-electron chi connectivity index (χ4n) is 1.75. The fourth-order valence-corrected chi connectivity index (χ4v) is 2.22. The van der Waals surface area contributed by atoms with Crippen molar-refractivity contribution in [2.24, 2.45) is 5.41 Å². The summed E-state index contributed by atoms with van der Waals surface area (Å²) >= 11 is 9.16. The molecule has 0 saturated heterocycles. The number of methoxy groups -OCH3 is 1. The van der Waals surface area contributed by atoms with Crippen LogP contribution in [0.4, 0.5) is 5.82 Å². The number of nitrogens with zero attached hydrogens (tertiary/aromatic N) is 2. The van der Waals surface area contributed by atoms with Crippen LogP contribution in [-0.2, 0) is 4.74 Å². The summed E-state index contributed by atoms with van der Waals surface area (Å²) in [7, 11) is 1.74. The molecule has 0 bridgehead atoms. The topological polar surface area (TPSA) is 47.0 Å². The Kier molecular flexibility index (Phi) is 4.22. The maximum absolute atomic E-state index is 5.76. The number of hydrogen-bond donors (Lipinski definition) is 1. The zero-order valence-corrected chi connectivity index (χ0v) is 12.0. The van der Waals surface area contributed by atoms with E-state index in [1.165, 1.54) is 12.8 Å². The van der Waals surface area contributed by atoms with E-state index in [1.807, 2.05) is 0 Å². The quantitative estimate of drug-likeness (QED) is 0.818. The molecule has 0 spiro atoms. The van der Waals surface area contributed by atoms with Crippen LogP contribution in [0.5, 0.6) is 0 Å². The van der Waals surface area contributed by atoms with E-state index >= 15 is 0 Å². The van der Waals surface area contributed by atoms with Gasteiger partial charge in [0.2, 0.25) is 5.28 Å². The van der Waals surface area contributed by atoms with Gasteiger partial charge in [0, 0.05) is 26.5 Å². The fraction of sp³-hybridized carbons (Fsp3) is 0.636. The zero-order valence-electron chi connectivity index (χ0n) is 9.67. The predicted octanol–water partition coefficient (Wildman–Crippen LogP) is 3.12. The standard InChI is InChI=1S/C11H15BrClN3O/c1-17-5-4-11(2-3-11)7-15-9-8(12)6-14-10(13)16-9/h6H,2-5,7H2,1H3,(H,14,15,16). The van der Waals surface area contributed by atoms with Crippen LogP contribution < -0.4 is 5.32 Å². The first-order chi connectivity index (χ1) is 8.15. The summed E-state index contributed by atoms with van der Waals surface area (Å²) in [5.41, 5.74) is 0.382. The lowest BCUT2D eigenvalue weighted by atomic mass is 10.0. The van der Waals surface area contributed by atoms with Gasteiger partial charge in [-0.2, -0.15) is 4.98 Å². The van der Waals surface area contributed by atoms with Crippen molar-refractivity contribution in [1.29, 1.82) is 0 Å². The van der Waals surface area contributed by atoms with Gasteiger partial charge in [-0.05, 0) is 52.2 Å². The van der Waals surface area contributed by atoms with E-state index in [-0.39, 0.29) is 5.28 Å². The highest BCUT2D eigenvalue weighted by Gasteiger charge is 2.41. The molecular weight excluding hydrogens is 305 g/mol. The van der Waals surface area contributed by atoms with Crippen LogP contribution in [0.25, 0.3) is 0 Å². The van der Waals surface area contributed by atoms with Crippen LogP contribution in [0.3, 0.4) is 0 Å². The lowest BCUT2D eigenvalue weighted by molar-refractivity contribution is 0.175. The third kappa shape index (κ3) is 3.53. The summed E-state index contributed by atoms with van der Waals surface area (Å²) < 4.78 is 5.97. The number of anilines is 1. The summed E-state index contributed by atoms with van der Waals surface area (Å²) in [5, 5.41) is 3.59. The Morgan fingerprint density at radius 2 is 2.35 bits per heavy atom. The predicted molar refractivity (Wildman–Crippen MR) is 71.4 cm³/mol. The Bertz CT molecular complexity index is 398. The van der Waals surface area contributed by atoms with Crippen molar-refractivity contribution in [1.82, 2.24) is 9.97 Å². The van der Waals surface area contributed by atoms with E-state index in [1.54, 1.807) is 13.3 Å². The van der Waals surface area contributed by atoms with Crippen molar-refractivity contribution in [2.75, 3.05) is 25.6 Å². The van der Waals surface area contributed by atoms with Crippen molar-refractivity contribution >= 4 is 33.3 Å². The molecule has 0 amide bonds. The van der Waals surface area contributed by atoms with Gasteiger partial charge >= 0.3 is 0 Å². The van der Waals surface area contributed by atoms with Crippen molar-refractivity contribution < 1.29 is 4.74 Å². The zero-order chi connectivity index (χ0) is 12.3. The van der Waals surface area contributed by atoms with Gasteiger partial charge in [-0.3, -0.25) is 0 Å². The van der Waals surface area contributed by atoms with E-state index in [0.29, 0.717) is 5.41 Å². The Hall–Kier alpha value is -0.390. The summed E-state index contributed by atoms with van der Waals surface area (Å²) in [4.78, 5) is 8.05. The number of rotatable bonds is 6. The molecule has 1 aliphatic carbocycles. The summed E-state index contributed by atoms with van der Waals surface area (Å²) in [6.45, 7) is 1.72. The van der Waals surface area contributed by atoms with Crippen LogP contribution in [0.15, 0.2) is 10.7 Å². The molecule has 1 fully saturated rings. The minimum atomic E-state index is 0.262. The van der Waals surface area contributed by atoms with Crippen molar-refractivity contribution in [3.05, 3.63) is 16.0 Å². The average molecular weight is 321 g/mol. The van der Waals surface area contributed by atoms with E-state index < -0.39 is 0 Å². The summed E-state index contributed by atoms with van der Waals surface area (Å²) in [6.07, 6.45) is 5.25. The molecule has 17 heavy (non-hydrogen) atoms. The van der Waals surface area contributed by atoms with Gasteiger partial charge < -0.3 is 10.1 Å². The highest BCUT2D eigenvalue weighted by molar-refractivity contribution is 9.10. The van der Waals surface area contributed by atoms with Gasteiger partial charge in [0.15, 0.2) is 0 Å². The van der Waals surface area contributed by atoms with Gasteiger partial charge in [-0.15, -0.1) is 0 Å². The molecule has 2 rings (SSSR count). The molecule has 1 saturated carbocycles. The maximum Gasteiger partial charge on any atom is 0.224 e. The van der Waals surface area contributed by atoms with Gasteiger partial charge in [0.25, 0.3) is 0 Å². The monoisotopic (exact) mass is 319 g/mol. The molecule has 0 radical (unpaired) electrons. The highest BCUT2D eigenvalue weighted by Crippen LogP contribution is 2.48. The molecule has 0 aromatic carbocycles. The lowest BCUT2D eigenvalue weighted by Gasteiger charge is -2.16. The Balaban J connectivity index is 1.91. The molecule has 1 aromatic rings. The Morgan fingerprint density at radius 3 is 3.00 bits per heavy atom. The lowest BCUT2D eigenvalue weighted by Crippen LogP contribution is -2.18. The number of ether oxygens (including phenoxy) is 1. The molecule has 4 nitrogen and oxygen atoms in total. The van der Waals surface area contributed by atoms with E-state index in [9.17, 15) is 0 Å². The number of nitrogens with one attached hydrogen (secondary N) is 1. The van der Waals surface area contributed by atoms with Crippen LogP contribution >= 0.6 is 27.5 Å². The van der Waals surface area contributed by atoms with E-state index in [2.05, 4.69) is 31.2 Å². The number of halogens is 2. The molecular formula is C11H15BrClN3O. The second-order valence-corrected chi connectivity index (χ2v) is 5.62. The third-order valence-corrected chi connectivity index (χ3v) is 3.90. The Labute approximate surface area is 114 Å².